The molecule has 0 spiro atoms. The van der Waals surface area contributed by atoms with Gasteiger partial charge < -0.3 is 14.6 Å². The zero-order valence-electron chi connectivity index (χ0n) is 17.9. The van der Waals surface area contributed by atoms with E-state index >= 15 is 0 Å². The van der Waals surface area contributed by atoms with Gasteiger partial charge in [-0.25, -0.2) is 4.98 Å². The van der Waals surface area contributed by atoms with Crippen molar-refractivity contribution in [2.75, 3.05) is 17.7 Å². The molecule has 0 saturated carbocycles. The molecule has 0 radical (unpaired) electrons. The minimum absolute atomic E-state index is 0.0957. The number of carbonyl (C=O) groups excluding carboxylic acids is 2. The molecule has 3 aromatic rings. The van der Waals surface area contributed by atoms with E-state index in [1.165, 1.54) is 28.0 Å². The first-order valence-electron chi connectivity index (χ1n) is 9.95. The molecular formula is C20H25N5O3S3. The summed E-state index contributed by atoms with van der Waals surface area (Å²) < 4.78 is 6.93. The Balaban J connectivity index is 1.58. The van der Waals surface area contributed by atoms with E-state index in [0.717, 1.165) is 11.4 Å². The number of nitrogens with zero attached hydrogens (tertiary/aromatic N) is 4. The minimum Gasteiger partial charge on any atom is -0.466 e. The summed E-state index contributed by atoms with van der Waals surface area (Å²) in [6.07, 6.45) is 0.0957. The van der Waals surface area contributed by atoms with E-state index in [-0.39, 0.29) is 24.1 Å². The maximum Gasteiger partial charge on any atom is 0.311 e. The molecule has 1 N–H and O–H groups in total. The first kappa shape index (κ1) is 23.4. The van der Waals surface area contributed by atoms with Gasteiger partial charge in [0.25, 0.3) is 0 Å². The van der Waals surface area contributed by atoms with Crippen LogP contribution in [0.25, 0.3) is 11.4 Å². The van der Waals surface area contributed by atoms with E-state index in [2.05, 4.69) is 45.8 Å². The van der Waals surface area contributed by atoms with Crippen LogP contribution >= 0.6 is 34.4 Å². The van der Waals surface area contributed by atoms with E-state index in [0.29, 0.717) is 35.1 Å². The highest BCUT2D eigenvalue weighted by molar-refractivity contribution is 7.99. The second kappa shape index (κ2) is 10.9. The topological polar surface area (TPSA) is 99.0 Å². The van der Waals surface area contributed by atoms with Gasteiger partial charge in [-0.3, -0.25) is 9.59 Å². The molecule has 0 aromatic carbocycles. The molecule has 0 unspecified atom stereocenters. The number of thioether (sulfide) groups is 1. The van der Waals surface area contributed by atoms with Crippen LogP contribution in [0, 0.1) is 0 Å². The molecule has 3 aromatic heterocycles. The van der Waals surface area contributed by atoms with Crippen molar-refractivity contribution in [3.05, 3.63) is 27.4 Å². The molecule has 3 heterocycles. The fraction of sp³-hybridized carbons (Fsp3) is 0.450. The molecule has 0 bridgehead atoms. The maximum atomic E-state index is 12.4. The van der Waals surface area contributed by atoms with E-state index in [9.17, 15) is 9.59 Å². The number of hydrogen-bond donors (Lipinski definition) is 1. The smallest absolute Gasteiger partial charge is 0.311 e. The van der Waals surface area contributed by atoms with Crippen LogP contribution in [0.2, 0.25) is 0 Å². The number of anilines is 1. The number of esters is 1. The summed E-state index contributed by atoms with van der Waals surface area (Å²) >= 11 is 4.34. The van der Waals surface area contributed by atoms with Crippen LogP contribution < -0.4 is 5.32 Å². The number of aromatic nitrogens is 4. The molecule has 0 fully saturated rings. The number of carbonyl (C=O) groups is 2. The van der Waals surface area contributed by atoms with E-state index < -0.39 is 0 Å². The SMILES string of the molecule is CCOC(=O)Cc1csc(NC(=O)CSc2nnc(-c3csc(C(C)C)c3)n2CC)n1. The highest BCUT2D eigenvalue weighted by Gasteiger charge is 2.17. The van der Waals surface area contributed by atoms with Gasteiger partial charge in [-0.05, 0) is 25.8 Å². The third kappa shape index (κ3) is 6.14. The Morgan fingerprint density at radius 2 is 2.03 bits per heavy atom. The van der Waals surface area contributed by atoms with E-state index in [1.807, 2.05) is 11.5 Å². The second-order valence-electron chi connectivity index (χ2n) is 6.91. The number of thiazole rings is 1. The third-order valence-electron chi connectivity index (χ3n) is 4.24. The third-order valence-corrected chi connectivity index (χ3v) is 7.25. The summed E-state index contributed by atoms with van der Waals surface area (Å²) in [4.78, 5) is 29.5. The molecule has 3 rings (SSSR count). The van der Waals surface area contributed by atoms with E-state index in [1.54, 1.807) is 23.6 Å². The van der Waals surface area contributed by atoms with Gasteiger partial charge in [-0.2, -0.15) is 0 Å². The summed E-state index contributed by atoms with van der Waals surface area (Å²) in [5.41, 5.74) is 1.63. The average molecular weight is 480 g/mol. The summed E-state index contributed by atoms with van der Waals surface area (Å²) in [6, 6.07) is 2.16. The molecular weight excluding hydrogens is 454 g/mol. The number of thiophene rings is 1. The van der Waals surface area contributed by atoms with Gasteiger partial charge in [0.2, 0.25) is 5.91 Å². The quantitative estimate of drug-likeness (QED) is 0.339. The predicted octanol–water partition coefficient (Wildman–Crippen LogP) is 4.44. The Morgan fingerprint density at radius 1 is 1.23 bits per heavy atom. The molecule has 0 aliphatic rings. The molecule has 31 heavy (non-hydrogen) atoms. The lowest BCUT2D eigenvalue weighted by molar-refractivity contribution is -0.142. The number of rotatable bonds is 10. The lowest BCUT2D eigenvalue weighted by Gasteiger charge is -2.06. The van der Waals surface area contributed by atoms with Crippen LogP contribution in [-0.2, 0) is 27.3 Å². The number of nitrogens with one attached hydrogen (secondary N) is 1. The van der Waals surface area contributed by atoms with Crippen LogP contribution in [0.15, 0.2) is 22.0 Å². The van der Waals surface area contributed by atoms with Gasteiger partial charge in [-0.15, -0.1) is 32.9 Å². The van der Waals surface area contributed by atoms with Crippen molar-refractivity contribution in [3.63, 3.8) is 0 Å². The summed E-state index contributed by atoms with van der Waals surface area (Å²) in [6.45, 7) is 9.17. The first-order chi connectivity index (χ1) is 14.9. The van der Waals surface area contributed by atoms with Crippen molar-refractivity contribution in [1.82, 2.24) is 19.7 Å². The molecule has 0 atom stereocenters. The van der Waals surface area contributed by atoms with Crippen molar-refractivity contribution in [1.29, 1.82) is 0 Å². The molecule has 0 saturated heterocycles. The number of amides is 1. The number of hydrogen-bond acceptors (Lipinski definition) is 9. The first-order valence-corrected chi connectivity index (χ1v) is 12.7. The zero-order chi connectivity index (χ0) is 22.4. The van der Waals surface area contributed by atoms with Crippen LogP contribution in [-0.4, -0.2) is 44.0 Å². The molecule has 166 valence electrons. The number of ether oxygens (including phenoxy) is 1. The van der Waals surface area contributed by atoms with Gasteiger partial charge >= 0.3 is 5.97 Å². The average Bonchev–Trinajstić information content (AvgIpc) is 3.45. The van der Waals surface area contributed by atoms with Crippen LogP contribution in [0.5, 0.6) is 0 Å². The second-order valence-corrected chi connectivity index (χ2v) is 9.65. The summed E-state index contributed by atoms with van der Waals surface area (Å²) in [5, 5.41) is 16.4. The highest BCUT2D eigenvalue weighted by Crippen LogP contribution is 2.31. The normalized spacial score (nSPS) is 11.1. The van der Waals surface area contributed by atoms with Crippen molar-refractivity contribution in [2.24, 2.45) is 0 Å². The molecule has 0 aliphatic heterocycles. The molecule has 11 heteroatoms. The fourth-order valence-corrected chi connectivity index (χ4v) is 5.19. The standard InChI is InChI=1S/C20H25N5O3S3/c1-5-25-18(13-7-15(12(3)4)29-9-13)23-24-20(25)31-11-16(26)22-19-21-14(10-30-19)8-17(27)28-6-2/h7,9-10,12H,5-6,8,11H2,1-4H3,(H,21,22,26). The predicted molar refractivity (Wildman–Crippen MR) is 125 cm³/mol. The lowest BCUT2D eigenvalue weighted by atomic mass is 10.1. The molecule has 8 nitrogen and oxygen atoms in total. The molecule has 1 amide bonds. The Kier molecular flexibility index (Phi) is 8.22. The fourth-order valence-electron chi connectivity index (χ4n) is 2.76. The zero-order valence-corrected chi connectivity index (χ0v) is 20.3. The van der Waals surface area contributed by atoms with Gasteiger partial charge in [0.15, 0.2) is 16.1 Å². The van der Waals surface area contributed by atoms with Gasteiger partial charge in [0.05, 0.1) is 24.5 Å². The van der Waals surface area contributed by atoms with Crippen LogP contribution in [0.3, 0.4) is 0 Å². The van der Waals surface area contributed by atoms with Crippen LogP contribution in [0.1, 0.15) is 44.2 Å². The lowest BCUT2D eigenvalue weighted by Crippen LogP contribution is -2.15. The van der Waals surface area contributed by atoms with Gasteiger partial charge in [0.1, 0.15) is 0 Å². The summed E-state index contributed by atoms with van der Waals surface area (Å²) in [7, 11) is 0. The summed E-state index contributed by atoms with van der Waals surface area (Å²) in [5.74, 6) is 0.954. The van der Waals surface area contributed by atoms with Crippen LogP contribution in [0.4, 0.5) is 5.13 Å². The van der Waals surface area contributed by atoms with Crippen molar-refractivity contribution < 1.29 is 14.3 Å². The Labute approximate surface area is 193 Å². The van der Waals surface area contributed by atoms with Gasteiger partial charge in [0, 0.05) is 27.7 Å². The maximum absolute atomic E-state index is 12.4. The Morgan fingerprint density at radius 3 is 2.71 bits per heavy atom. The minimum atomic E-state index is -0.331. The monoisotopic (exact) mass is 479 g/mol. The van der Waals surface area contributed by atoms with Gasteiger partial charge in [-0.1, -0.05) is 25.6 Å². The van der Waals surface area contributed by atoms with Crippen molar-refractivity contribution in [3.8, 4) is 11.4 Å². The highest BCUT2D eigenvalue weighted by atomic mass is 32.2. The Bertz CT molecular complexity index is 1040. The largest absolute Gasteiger partial charge is 0.466 e. The van der Waals surface area contributed by atoms with E-state index in [4.69, 9.17) is 4.74 Å². The van der Waals surface area contributed by atoms with Crippen molar-refractivity contribution in [2.45, 2.75) is 51.7 Å². The molecule has 0 aliphatic carbocycles. The van der Waals surface area contributed by atoms with Crippen molar-refractivity contribution >= 4 is 51.4 Å². The Hall–Kier alpha value is -2.24.